The van der Waals surface area contributed by atoms with Gasteiger partial charge in [-0.1, -0.05) is 24.3 Å². The number of nitrogens with zero attached hydrogens (tertiary/aromatic N) is 1. The minimum atomic E-state index is -0.637. The van der Waals surface area contributed by atoms with E-state index in [2.05, 4.69) is 0 Å². The van der Waals surface area contributed by atoms with E-state index in [9.17, 15) is 24.6 Å². The minimum Gasteiger partial charge on any atom is -0.505 e. The van der Waals surface area contributed by atoms with Gasteiger partial charge in [-0.3, -0.25) is 14.4 Å². The molecule has 0 saturated heterocycles. The summed E-state index contributed by atoms with van der Waals surface area (Å²) in [4.78, 5) is 38.3. The number of nitrogens with two attached hydrogens (primary N) is 1. The number of fused-ring (bicyclic) bond motifs is 3. The molecule has 3 aromatic carbocycles. The van der Waals surface area contributed by atoms with Crippen LogP contribution in [0, 0.1) is 0 Å². The number of carbonyl (C=O) groups excluding carboxylic acids is 3. The molecule has 8 nitrogen and oxygen atoms in total. The van der Waals surface area contributed by atoms with Crippen LogP contribution in [0.2, 0.25) is 0 Å². The number of amides is 1. The zero-order chi connectivity index (χ0) is 22.6. The van der Waals surface area contributed by atoms with Gasteiger partial charge in [0.25, 0.3) is 0 Å². The molecule has 158 valence electrons. The molecule has 2 aliphatic rings. The highest BCUT2D eigenvalue weighted by Gasteiger charge is 2.37. The first-order chi connectivity index (χ1) is 15.4. The number of anilines is 2. The Balaban J connectivity index is 1.84. The molecule has 32 heavy (non-hydrogen) atoms. The number of phenols is 2. The van der Waals surface area contributed by atoms with E-state index in [1.165, 1.54) is 6.07 Å². The lowest BCUT2D eigenvalue weighted by Gasteiger charge is -2.27. The number of para-hydroxylation sites is 1. The van der Waals surface area contributed by atoms with Gasteiger partial charge in [0, 0.05) is 16.8 Å². The fourth-order valence-corrected chi connectivity index (χ4v) is 3.97. The van der Waals surface area contributed by atoms with Crippen molar-refractivity contribution in [1.82, 2.24) is 0 Å². The smallest absolute Gasteiger partial charge is 0.248 e. The van der Waals surface area contributed by atoms with Gasteiger partial charge < -0.3 is 25.6 Å². The fourth-order valence-electron chi connectivity index (χ4n) is 3.97. The Morgan fingerprint density at radius 1 is 0.938 bits per heavy atom. The maximum Gasteiger partial charge on any atom is 0.248 e. The Morgan fingerprint density at radius 3 is 2.34 bits per heavy atom. The second-order valence-electron chi connectivity index (χ2n) is 7.40. The Bertz CT molecular complexity index is 1380. The number of allylic oxidation sites excluding steroid dienone is 2. The van der Waals surface area contributed by atoms with Gasteiger partial charge >= 0.3 is 0 Å². The molecular weight excluding hydrogens is 412 g/mol. The number of carbonyl (C=O) groups is 3. The molecule has 0 atom stereocenters. The van der Waals surface area contributed by atoms with Crippen molar-refractivity contribution in [2.45, 2.75) is 6.54 Å². The summed E-state index contributed by atoms with van der Waals surface area (Å²) in [5, 5.41) is 22.2. The van der Waals surface area contributed by atoms with Gasteiger partial charge in [-0.25, -0.2) is 0 Å². The van der Waals surface area contributed by atoms with Crippen LogP contribution in [0.3, 0.4) is 0 Å². The SMILES string of the molecule is NC(=O)c1cccc(N2Cc3ccccc3Oc3c(O)c4c(c(O)c32)C(=O)C=CC4=O)c1. The lowest BCUT2D eigenvalue weighted by atomic mass is 9.91. The molecule has 0 radical (unpaired) electrons. The maximum atomic E-state index is 12.6. The van der Waals surface area contributed by atoms with Crippen molar-refractivity contribution in [2.75, 3.05) is 4.90 Å². The van der Waals surface area contributed by atoms with Gasteiger partial charge in [0.05, 0.1) is 17.7 Å². The van der Waals surface area contributed by atoms with Crippen LogP contribution < -0.4 is 15.4 Å². The predicted molar refractivity (Wildman–Crippen MR) is 115 cm³/mol. The highest BCUT2D eigenvalue weighted by molar-refractivity contribution is 6.25. The van der Waals surface area contributed by atoms with Crippen LogP contribution in [-0.4, -0.2) is 27.7 Å². The first-order valence-electron chi connectivity index (χ1n) is 9.68. The number of rotatable bonds is 2. The van der Waals surface area contributed by atoms with Gasteiger partial charge in [-0.15, -0.1) is 0 Å². The van der Waals surface area contributed by atoms with E-state index in [1.807, 2.05) is 0 Å². The number of ketones is 2. The third-order valence-electron chi connectivity index (χ3n) is 5.48. The van der Waals surface area contributed by atoms with Gasteiger partial charge in [0.1, 0.15) is 11.4 Å². The highest BCUT2D eigenvalue weighted by Crippen LogP contribution is 2.55. The van der Waals surface area contributed by atoms with Crippen LogP contribution in [0.15, 0.2) is 60.7 Å². The topological polar surface area (TPSA) is 130 Å². The van der Waals surface area contributed by atoms with Crippen molar-refractivity contribution in [3.63, 3.8) is 0 Å². The molecule has 1 heterocycles. The number of benzene rings is 3. The van der Waals surface area contributed by atoms with Crippen molar-refractivity contribution >= 4 is 28.8 Å². The summed E-state index contributed by atoms with van der Waals surface area (Å²) in [5.41, 5.74) is 6.21. The summed E-state index contributed by atoms with van der Waals surface area (Å²) < 4.78 is 5.96. The zero-order valence-corrected chi connectivity index (χ0v) is 16.5. The predicted octanol–water partition coefficient (Wildman–Crippen LogP) is 3.58. The molecule has 0 fully saturated rings. The summed E-state index contributed by atoms with van der Waals surface area (Å²) in [6, 6.07) is 13.4. The van der Waals surface area contributed by atoms with Crippen molar-refractivity contribution in [1.29, 1.82) is 0 Å². The van der Waals surface area contributed by atoms with Crippen LogP contribution in [0.25, 0.3) is 0 Å². The molecule has 0 aromatic heterocycles. The number of aromatic hydroxyl groups is 2. The van der Waals surface area contributed by atoms with Crippen LogP contribution >= 0.6 is 0 Å². The average molecular weight is 428 g/mol. The quantitative estimate of drug-likeness (QED) is 0.532. The van der Waals surface area contributed by atoms with E-state index >= 15 is 0 Å². The molecule has 0 spiro atoms. The first-order valence-corrected chi connectivity index (χ1v) is 9.68. The van der Waals surface area contributed by atoms with E-state index in [4.69, 9.17) is 10.5 Å². The summed E-state index contributed by atoms with van der Waals surface area (Å²) in [7, 11) is 0. The molecule has 3 aromatic rings. The monoisotopic (exact) mass is 428 g/mol. The largest absolute Gasteiger partial charge is 0.505 e. The average Bonchev–Trinajstić information content (AvgIpc) is 2.96. The van der Waals surface area contributed by atoms with Crippen molar-refractivity contribution < 1.29 is 29.3 Å². The minimum absolute atomic E-state index is 0.00415. The van der Waals surface area contributed by atoms with Gasteiger partial charge in [0.2, 0.25) is 5.91 Å². The van der Waals surface area contributed by atoms with E-state index in [-0.39, 0.29) is 34.7 Å². The molecule has 0 saturated carbocycles. The van der Waals surface area contributed by atoms with E-state index in [0.29, 0.717) is 17.0 Å². The van der Waals surface area contributed by atoms with E-state index in [0.717, 1.165) is 12.2 Å². The molecule has 0 unspecified atom stereocenters. The summed E-state index contributed by atoms with van der Waals surface area (Å²) in [6.45, 7) is 0.176. The van der Waals surface area contributed by atoms with E-state index < -0.39 is 29.0 Å². The number of phenolic OH excluding ortho intramolecular Hbond substituents is 2. The lowest BCUT2D eigenvalue weighted by molar-refractivity contribution is 0.0989. The number of primary amides is 1. The molecule has 8 heteroatoms. The number of hydrogen-bond donors (Lipinski definition) is 3. The normalized spacial score (nSPS) is 14.2. The Morgan fingerprint density at radius 2 is 1.62 bits per heavy atom. The third-order valence-corrected chi connectivity index (χ3v) is 5.48. The number of ether oxygens (including phenoxy) is 1. The standard InChI is InChI=1S/C24H16N2O6/c25-24(31)12-5-3-6-14(10-12)26-11-13-4-1-2-7-17(13)32-23-20(26)21(29)18-15(27)8-9-16(28)19(18)22(23)30/h1-10,29-30H,11H2,(H2,25,31). The van der Waals surface area contributed by atoms with Crippen molar-refractivity contribution in [2.24, 2.45) is 5.73 Å². The van der Waals surface area contributed by atoms with Gasteiger partial charge in [0.15, 0.2) is 28.8 Å². The Hall–Kier alpha value is -4.59. The molecule has 5 rings (SSSR count). The molecule has 4 N–H and O–H groups in total. The number of hydrogen-bond acceptors (Lipinski definition) is 7. The summed E-state index contributed by atoms with van der Waals surface area (Å²) >= 11 is 0. The molecule has 1 aliphatic carbocycles. The lowest BCUT2D eigenvalue weighted by Crippen LogP contribution is -2.20. The van der Waals surface area contributed by atoms with Gasteiger partial charge in [-0.05, 0) is 36.4 Å². The first kappa shape index (κ1) is 19.4. The fraction of sp³-hybridized carbons (Fsp3) is 0.0417. The zero-order valence-electron chi connectivity index (χ0n) is 16.5. The van der Waals surface area contributed by atoms with Crippen LogP contribution in [0.1, 0.15) is 36.6 Å². The van der Waals surface area contributed by atoms with Crippen LogP contribution in [0.5, 0.6) is 23.0 Å². The second-order valence-corrected chi connectivity index (χ2v) is 7.40. The van der Waals surface area contributed by atoms with Gasteiger partial charge in [-0.2, -0.15) is 0 Å². The molecule has 1 aliphatic heterocycles. The molecule has 1 amide bonds. The van der Waals surface area contributed by atoms with Crippen LogP contribution in [-0.2, 0) is 6.54 Å². The third kappa shape index (κ3) is 2.81. The van der Waals surface area contributed by atoms with E-state index in [1.54, 1.807) is 47.4 Å². The molecular formula is C24H16N2O6. The Labute approximate surface area is 181 Å². The Kier molecular flexibility index (Phi) is 4.23. The maximum absolute atomic E-state index is 12.6. The molecule has 0 bridgehead atoms. The summed E-state index contributed by atoms with van der Waals surface area (Å²) in [6.07, 6.45) is 2.08. The second kappa shape index (κ2) is 6.98. The van der Waals surface area contributed by atoms with Crippen molar-refractivity contribution in [3.05, 3.63) is 82.9 Å². The van der Waals surface area contributed by atoms with Crippen LogP contribution in [0.4, 0.5) is 11.4 Å². The summed E-state index contributed by atoms with van der Waals surface area (Å²) in [5.74, 6) is -2.71. The van der Waals surface area contributed by atoms with Crippen molar-refractivity contribution in [3.8, 4) is 23.0 Å². The highest BCUT2D eigenvalue weighted by atomic mass is 16.5.